The fraction of sp³-hybridized carbons (Fsp3) is 0.500. The van der Waals surface area contributed by atoms with Gasteiger partial charge in [-0.05, 0) is 24.2 Å². The topological polar surface area (TPSA) is 70.4 Å². The number of aromatic nitrogens is 3. The Labute approximate surface area is 173 Å². The van der Waals surface area contributed by atoms with Crippen LogP contribution >= 0.6 is 24.0 Å². The summed E-state index contributed by atoms with van der Waals surface area (Å²) in [6, 6.07) is 8.69. The number of guanidine groups is 1. The van der Waals surface area contributed by atoms with Gasteiger partial charge in [-0.2, -0.15) is 5.10 Å². The Morgan fingerprint density at radius 1 is 1.15 bits per heavy atom. The second-order valence-corrected chi connectivity index (χ2v) is 5.86. The summed E-state index contributed by atoms with van der Waals surface area (Å²) in [6.07, 6.45) is 1.55. The van der Waals surface area contributed by atoms with Crippen molar-refractivity contribution in [1.29, 1.82) is 0 Å². The van der Waals surface area contributed by atoms with Crippen LogP contribution in [0.25, 0.3) is 0 Å². The van der Waals surface area contributed by atoms with Gasteiger partial charge in [0.15, 0.2) is 5.96 Å². The lowest BCUT2D eigenvalue weighted by molar-refractivity contribution is 0.296. The quantitative estimate of drug-likeness (QED) is 0.351. The second kappa shape index (κ2) is 11.8. The van der Waals surface area contributed by atoms with E-state index >= 15 is 0 Å². The van der Waals surface area contributed by atoms with Crippen LogP contribution in [0.1, 0.15) is 30.8 Å². The van der Waals surface area contributed by atoms with Crippen molar-refractivity contribution >= 4 is 29.9 Å². The molecule has 0 aliphatic heterocycles. The van der Waals surface area contributed by atoms with Crippen LogP contribution in [0.4, 0.5) is 0 Å². The zero-order chi connectivity index (χ0) is 18.1. The molecular formula is C18H30IN7. The number of aryl methyl sites for hydroxylation is 1. The fourth-order valence-electron chi connectivity index (χ4n) is 2.59. The van der Waals surface area contributed by atoms with E-state index in [0.717, 1.165) is 38.0 Å². The molecule has 0 radical (unpaired) electrons. The summed E-state index contributed by atoms with van der Waals surface area (Å²) in [5.74, 6) is 1.61. The number of benzene rings is 1. The lowest BCUT2D eigenvalue weighted by atomic mass is 10.1. The number of hydrogen-bond donors (Lipinski definition) is 2. The van der Waals surface area contributed by atoms with Gasteiger partial charge in [0.25, 0.3) is 0 Å². The average molecular weight is 471 g/mol. The molecule has 0 saturated heterocycles. The van der Waals surface area contributed by atoms with Gasteiger partial charge >= 0.3 is 0 Å². The number of rotatable bonds is 8. The monoisotopic (exact) mass is 471 g/mol. The van der Waals surface area contributed by atoms with Crippen molar-refractivity contribution in [3.8, 4) is 0 Å². The minimum atomic E-state index is 0. The van der Waals surface area contributed by atoms with Crippen LogP contribution in [0.2, 0.25) is 0 Å². The molecule has 7 nitrogen and oxygen atoms in total. The highest BCUT2D eigenvalue weighted by atomic mass is 127. The van der Waals surface area contributed by atoms with Gasteiger partial charge in [0, 0.05) is 27.2 Å². The Kier molecular flexibility index (Phi) is 10.2. The molecule has 1 aromatic carbocycles. The molecule has 0 spiro atoms. The van der Waals surface area contributed by atoms with E-state index < -0.39 is 0 Å². The van der Waals surface area contributed by atoms with Gasteiger partial charge in [-0.15, -0.1) is 24.0 Å². The van der Waals surface area contributed by atoms with Gasteiger partial charge in [0.1, 0.15) is 12.2 Å². The molecule has 0 unspecified atom stereocenters. The predicted octanol–water partition coefficient (Wildman–Crippen LogP) is 2.14. The van der Waals surface area contributed by atoms with E-state index in [4.69, 9.17) is 0 Å². The average Bonchev–Trinajstić information content (AvgIpc) is 3.05. The molecule has 1 heterocycles. The highest BCUT2D eigenvalue weighted by Gasteiger charge is 2.05. The summed E-state index contributed by atoms with van der Waals surface area (Å²) in [4.78, 5) is 10.9. The van der Waals surface area contributed by atoms with E-state index in [9.17, 15) is 0 Å². The van der Waals surface area contributed by atoms with Crippen molar-refractivity contribution < 1.29 is 0 Å². The summed E-state index contributed by atoms with van der Waals surface area (Å²) in [6.45, 7) is 8.82. The molecule has 0 saturated carbocycles. The first-order valence-corrected chi connectivity index (χ1v) is 8.73. The lowest BCUT2D eigenvalue weighted by Gasteiger charge is -2.18. The number of halogens is 1. The first-order valence-electron chi connectivity index (χ1n) is 8.73. The molecule has 1 aromatic heterocycles. The third kappa shape index (κ3) is 6.91. The minimum Gasteiger partial charge on any atom is -0.352 e. The van der Waals surface area contributed by atoms with Crippen molar-refractivity contribution in [2.75, 3.05) is 20.1 Å². The zero-order valence-electron chi connectivity index (χ0n) is 16.1. The SMILES string of the molecule is CCN(CC)Cc1cccc(CNC(=NC)NCc2ncnn2C)c1.I. The Bertz CT molecular complexity index is 680. The van der Waals surface area contributed by atoms with Crippen molar-refractivity contribution in [1.82, 2.24) is 30.3 Å². The summed E-state index contributed by atoms with van der Waals surface area (Å²) >= 11 is 0. The molecule has 0 amide bonds. The smallest absolute Gasteiger partial charge is 0.191 e. The van der Waals surface area contributed by atoms with Crippen LogP contribution in [0, 0.1) is 0 Å². The second-order valence-electron chi connectivity index (χ2n) is 5.86. The zero-order valence-corrected chi connectivity index (χ0v) is 18.4. The number of aliphatic imine (C=N–C) groups is 1. The van der Waals surface area contributed by atoms with E-state index in [0.29, 0.717) is 6.54 Å². The fourth-order valence-corrected chi connectivity index (χ4v) is 2.59. The Morgan fingerprint density at radius 2 is 1.85 bits per heavy atom. The molecule has 0 bridgehead atoms. The van der Waals surface area contributed by atoms with Crippen molar-refractivity contribution in [2.24, 2.45) is 12.0 Å². The van der Waals surface area contributed by atoms with Crippen molar-refractivity contribution in [2.45, 2.75) is 33.5 Å². The van der Waals surface area contributed by atoms with Gasteiger partial charge in [0.2, 0.25) is 0 Å². The van der Waals surface area contributed by atoms with Gasteiger partial charge in [0.05, 0.1) is 6.54 Å². The van der Waals surface area contributed by atoms with Crippen molar-refractivity contribution in [3.63, 3.8) is 0 Å². The molecule has 2 aromatic rings. The van der Waals surface area contributed by atoms with Crippen LogP contribution in [-0.2, 0) is 26.7 Å². The summed E-state index contributed by atoms with van der Waals surface area (Å²) in [5.41, 5.74) is 2.58. The molecule has 0 atom stereocenters. The van der Waals surface area contributed by atoms with Gasteiger partial charge < -0.3 is 10.6 Å². The largest absolute Gasteiger partial charge is 0.352 e. The van der Waals surface area contributed by atoms with E-state index in [2.05, 4.69) is 68.7 Å². The molecule has 0 fully saturated rings. The third-order valence-corrected chi connectivity index (χ3v) is 4.19. The first-order chi connectivity index (χ1) is 12.2. The van der Waals surface area contributed by atoms with E-state index in [1.54, 1.807) is 18.1 Å². The molecule has 26 heavy (non-hydrogen) atoms. The van der Waals surface area contributed by atoms with Gasteiger partial charge in [-0.3, -0.25) is 14.6 Å². The summed E-state index contributed by atoms with van der Waals surface area (Å²) in [7, 11) is 3.64. The Balaban J connectivity index is 0.00000338. The Hall–Kier alpha value is -1.68. The predicted molar refractivity (Wildman–Crippen MR) is 117 cm³/mol. The van der Waals surface area contributed by atoms with Crippen LogP contribution in [0.5, 0.6) is 0 Å². The standard InChI is InChI=1S/C18H29N7.HI/c1-5-25(6-2)13-16-9-7-8-15(10-16)11-20-18(19-3)21-12-17-22-14-23-24(17)4;/h7-10,14H,5-6,11-13H2,1-4H3,(H2,19,20,21);1H. The molecular weight excluding hydrogens is 441 g/mol. The number of nitrogens with zero attached hydrogens (tertiary/aromatic N) is 5. The van der Waals surface area contributed by atoms with Crippen LogP contribution in [0.15, 0.2) is 35.6 Å². The molecule has 0 aliphatic rings. The summed E-state index contributed by atoms with van der Waals surface area (Å²) in [5, 5.41) is 10.7. The highest BCUT2D eigenvalue weighted by Crippen LogP contribution is 2.08. The Morgan fingerprint density at radius 3 is 2.46 bits per heavy atom. The van der Waals surface area contributed by atoms with Crippen LogP contribution in [-0.4, -0.2) is 45.8 Å². The molecule has 2 rings (SSSR count). The van der Waals surface area contributed by atoms with E-state index in [-0.39, 0.29) is 24.0 Å². The maximum absolute atomic E-state index is 4.26. The number of nitrogens with one attached hydrogen (secondary N) is 2. The molecule has 2 N–H and O–H groups in total. The van der Waals surface area contributed by atoms with Crippen LogP contribution in [0.3, 0.4) is 0 Å². The van der Waals surface area contributed by atoms with Gasteiger partial charge in [-0.25, -0.2) is 4.98 Å². The first kappa shape index (κ1) is 22.4. The summed E-state index contributed by atoms with van der Waals surface area (Å²) < 4.78 is 1.75. The van der Waals surface area contributed by atoms with Gasteiger partial charge in [-0.1, -0.05) is 38.1 Å². The maximum Gasteiger partial charge on any atom is 0.191 e. The third-order valence-electron chi connectivity index (χ3n) is 4.19. The highest BCUT2D eigenvalue weighted by molar-refractivity contribution is 14.0. The van der Waals surface area contributed by atoms with E-state index in [1.807, 2.05) is 7.05 Å². The number of hydrogen-bond acceptors (Lipinski definition) is 4. The normalized spacial score (nSPS) is 11.3. The van der Waals surface area contributed by atoms with Crippen molar-refractivity contribution in [3.05, 3.63) is 47.5 Å². The van der Waals surface area contributed by atoms with Crippen LogP contribution < -0.4 is 10.6 Å². The van der Waals surface area contributed by atoms with E-state index in [1.165, 1.54) is 11.1 Å². The lowest BCUT2D eigenvalue weighted by Crippen LogP contribution is -2.37. The molecule has 8 heteroatoms. The molecule has 144 valence electrons. The molecule has 0 aliphatic carbocycles. The minimum absolute atomic E-state index is 0. The maximum atomic E-state index is 4.26.